The van der Waals surface area contributed by atoms with Gasteiger partial charge in [-0.2, -0.15) is 0 Å². The van der Waals surface area contributed by atoms with Gasteiger partial charge >= 0.3 is 0 Å². The van der Waals surface area contributed by atoms with Crippen molar-refractivity contribution in [1.29, 1.82) is 0 Å². The SMILES string of the molecule is C=CCOc1ccc(CNc2cc(C)ccc2F)cc1. The van der Waals surface area contributed by atoms with Gasteiger partial charge in [0.15, 0.2) is 0 Å². The van der Waals surface area contributed by atoms with Crippen molar-refractivity contribution in [1.82, 2.24) is 0 Å². The van der Waals surface area contributed by atoms with Gasteiger partial charge in [-0.1, -0.05) is 30.9 Å². The Morgan fingerprint density at radius 1 is 1.20 bits per heavy atom. The van der Waals surface area contributed by atoms with Gasteiger partial charge in [0.2, 0.25) is 0 Å². The van der Waals surface area contributed by atoms with Gasteiger partial charge in [-0.05, 0) is 42.3 Å². The van der Waals surface area contributed by atoms with Crippen LogP contribution in [-0.4, -0.2) is 6.61 Å². The predicted octanol–water partition coefficient (Wildman–Crippen LogP) is 4.31. The zero-order valence-corrected chi connectivity index (χ0v) is 11.5. The highest BCUT2D eigenvalue weighted by Gasteiger charge is 2.02. The van der Waals surface area contributed by atoms with Gasteiger partial charge in [0.25, 0.3) is 0 Å². The van der Waals surface area contributed by atoms with E-state index in [1.807, 2.05) is 31.2 Å². The first kappa shape index (κ1) is 14.1. The maximum absolute atomic E-state index is 13.6. The van der Waals surface area contributed by atoms with Crippen molar-refractivity contribution in [3.05, 3.63) is 72.1 Å². The molecular formula is C17H18FNO. The summed E-state index contributed by atoms with van der Waals surface area (Å²) in [6.07, 6.45) is 1.70. The van der Waals surface area contributed by atoms with E-state index in [1.165, 1.54) is 6.07 Å². The lowest BCUT2D eigenvalue weighted by molar-refractivity contribution is 0.363. The normalized spacial score (nSPS) is 10.1. The summed E-state index contributed by atoms with van der Waals surface area (Å²) in [6, 6.07) is 12.7. The zero-order chi connectivity index (χ0) is 14.4. The van der Waals surface area contributed by atoms with Crippen LogP contribution in [0.15, 0.2) is 55.1 Å². The topological polar surface area (TPSA) is 21.3 Å². The number of hydrogen-bond donors (Lipinski definition) is 1. The van der Waals surface area contributed by atoms with Crippen LogP contribution >= 0.6 is 0 Å². The maximum atomic E-state index is 13.6. The molecule has 0 saturated heterocycles. The van der Waals surface area contributed by atoms with Crippen molar-refractivity contribution in [2.24, 2.45) is 0 Å². The number of hydrogen-bond acceptors (Lipinski definition) is 2. The Morgan fingerprint density at radius 2 is 1.95 bits per heavy atom. The monoisotopic (exact) mass is 271 g/mol. The molecule has 104 valence electrons. The summed E-state index contributed by atoms with van der Waals surface area (Å²) >= 11 is 0. The van der Waals surface area contributed by atoms with Crippen molar-refractivity contribution in [3.63, 3.8) is 0 Å². The minimum atomic E-state index is -0.235. The van der Waals surface area contributed by atoms with Crippen LogP contribution in [0, 0.1) is 12.7 Å². The highest BCUT2D eigenvalue weighted by atomic mass is 19.1. The molecule has 2 aromatic rings. The molecule has 20 heavy (non-hydrogen) atoms. The lowest BCUT2D eigenvalue weighted by Gasteiger charge is -2.09. The first-order valence-corrected chi connectivity index (χ1v) is 6.51. The van der Waals surface area contributed by atoms with Gasteiger partial charge in [0.05, 0.1) is 5.69 Å². The van der Waals surface area contributed by atoms with Crippen LogP contribution in [0.25, 0.3) is 0 Å². The van der Waals surface area contributed by atoms with Crippen LogP contribution < -0.4 is 10.1 Å². The second-order valence-corrected chi connectivity index (χ2v) is 4.58. The van der Waals surface area contributed by atoms with E-state index in [0.717, 1.165) is 16.9 Å². The molecule has 1 N–H and O–H groups in total. The van der Waals surface area contributed by atoms with E-state index in [2.05, 4.69) is 11.9 Å². The molecule has 3 heteroatoms. The number of ether oxygens (including phenoxy) is 1. The van der Waals surface area contributed by atoms with E-state index in [0.29, 0.717) is 18.8 Å². The van der Waals surface area contributed by atoms with Crippen LogP contribution in [-0.2, 0) is 6.54 Å². The summed E-state index contributed by atoms with van der Waals surface area (Å²) in [4.78, 5) is 0. The van der Waals surface area contributed by atoms with Gasteiger partial charge in [0, 0.05) is 6.54 Å². The van der Waals surface area contributed by atoms with Crippen molar-refractivity contribution in [3.8, 4) is 5.75 Å². The third kappa shape index (κ3) is 3.85. The third-order valence-corrected chi connectivity index (χ3v) is 2.90. The molecule has 0 heterocycles. The Morgan fingerprint density at radius 3 is 2.65 bits per heavy atom. The summed E-state index contributed by atoms with van der Waals surface area (Å²) in [7, 11) is 0. The lowest BCUT2D eigenvalue weighted by atomic mass is 10.2. The molecule has 0 radical (unpaired) electrons. The number of halogens is 1. The Balaban J connectivity index is 1.96. The fourth-order valence-electron chi connectivity index (χ4n) is 1.83. The van der Waals surface area contributed by atoms with E-state index in [1.54, 1.807) is 18.2 Å². The highest BCUT2D eigenvalue weighted by molar-refractivity contribution is 5.47. The second kappa shape index (κ2) is 6.75. The fourth-order valence-corrected chi connectivity index (χ4v) is 1.83. The number of benzene rings is 2. The minimum absolute atomic E-state index is 0.235. The first-order chi connectivity index (χ1) is 9.69. The second-order valence-electron chi connectivity index (χ2n) is 4.58. The average Bonchev–Trinajstić information content (AvgIpc) is 2.47. The minimum Gasteiger partial charge on any atom is -0.490 e. The summed E-state index contributed by atoms with van der Waals surface area (Å²) in [5, 5.41) is 3.10. The van der Waals surface area contributed by atoms with Crippen LogP contribution in [0.4, 0.5) is 10.1 Å². The molecule has 0 amide bonds. The average molecular weight is 271 g/mol. The van der Waals surface area contributed by atoms with E-state index in [9.17, 15) is 4.39 Å². The van der Waals surface area contributed by atoms with Crippen molar-refractivity contribution < 1.29 is 9.13 Å². The summed E-state index contributed by atoms with van der Waals surface area (Å²) < 4.78 is 19.0. The van der Waals surface area contributed by atoms with Crippen molar-refractivity contribution in [2.75, 3.05) is 11.9 Å². The quantitative estimate of drug-likeness (QED) is 0.790. The molecule has 0 aromatic heterocycles. The van der Waals surface area contributed by atoms with Gasteiger partial charge in [-0.15, -0.1) is 0 Å². The molecule has 0 aliphatic rings. The maximum Gasteiger partial charge on any atom is 0.146 e. The van der Waals surface area contributed by atoms with Gasteiger partial charge in [-0.25, -0.2) is 4.39 Å². The number of rotatable bonds is 6. The van der Waals surface area contributed by atoms with Crippen LogP contribution in [0.2, 0.25) is 0 Å². The highest BCUT2D eigenvalue weighted by Crippen LogP contribution is 2.18. The summed E-state index contributed by atoms with van der Waals surface area (Å²) in [5.74, 6) is 0.567. The molecule has 2 aromatic carbocycles. The predicted molar refractivity (Wildman–Crippen MR) is 80.6 cm³/mol. The fraction of sp³-hybridized carbons (Fsp3) is 0.176. The number of aryl methyl sites for hydroxylation is 1. The Kier molecular flexibility index (Phi) is 4.77. The number of anilines is 1. The van der Waals surface area contributed by atoms with Crippen LogP contribution in [0.3, 0.4) is 0 Å². The van der Waals surface area contributed by atoms with Gasteiger partial charge in [0.1, 0.15) is 18.2 Å². The third-order valence-electron chi connectivity index (χ3n) is 2.90. The molecule has 0 saturated carbocycles. The van der Waals surface area contributed by atoms with E-state index in [4.69, 9.17) is 4.74 Å². The molecule has 0 aliphatic heterocycles. The number of nitrogens with one attached hydrogen (secondary N) is 1. The largest absolute Gasteiger partial charge is 0.490 e. The molecule has 0 spiro atoms. The molecule has 0 fully saturated rings. The zero-order valence-electron chi connectivity index (χ0n) is 11.5. The molecule has 0 bridgehead atoms. The van der Waals surface area contributed by atoms with Crippen molar-refractivity contribution in [2.45, 2.75) is 13.5 Å². The molecule has 0 unspecified atom stereocenters. The summed E-state index contributed by atoms with van der Waals surface area (Å²) in [6.45, 7) is 6.61. The van der Waals surface area contributed by atoms with E-state index >= 15 is 0 Å². The molecule has 0 aliphatic carbocycles. The van der Waals surface area contributed by atoms with Gasteiger partial charge < -0.3 is 10.1 Å². The van der Waals surface area contributed by atoms with E-state index in [-0.39, 0.29) is 5.82 Å². The van der Waals surface area contributed by atoms with E-state index < -0.39 is 0 Å². The lowest BCUT2D eigenvalue weighted by Crippen LogP contribution is -2.02. The molecule has 0 atom stereocenters. The molecular weight excluding hydrogens is 253 g/mol. The molecule has 2 nitrogen and oxygen atoms in total. The Bertz CT molecular complexity index is 578. The smallest absolute Gasteiger partial charge is 0.146 e. The van der Waals surface area contributed by atoms with Crippen molar-refractivity contribution >= 4 is 5.69 Å². The standard InChI is InChI=1S/C17H18FNO/c1-3-10-20-15-7-5-14(6-8-15)12-19-17-11-13(2)4-9-16(17)18/h3-9,11,19H,1,10,12H2,2H3. The Hall–Kier alpha value is -2.29. The summed E-state index contributed by atoms with van der Waals surface area (Å²) in [5.41, 5.74) is 2.62. The Labute approximate surface area is 118 Å². The first-order valence-electron chi connectivity index (χ1n) is 6.51. The van der Waals surface area contributed by atoms with Gasteiger partial charge in [-0.3, -0.25) is 0 Å². The van der Waals surface area contributed by atoms with Crippen LogP contribution in [0.1, 0.15) is 11.1 Å². The van der Waals surface area contributed by atoms with Crippen LogP contribution in [0.5, 0.6) is 5.75 Å². The molecule has 2 rings (SSSR count).